The Kier molecular flexibility index (Phi) is 4.23. The first kappa shape index (κ1) is 17.3. The van der Waals surface area contributed by atoms with Crippen molar-refractivity contribution >= 4 is 34.7 Å². The smallest absolute Gasteiger partial charge is 0.282 e. The van der Waals surface area contributed by atoms with E-state index in [0.717, 1.165) is 22.6 Å². The SMILES string of the molecule is O=C1c2cccc([N+](=O)[O-])c2C(=O)N1CC(=O)N1CCCC1c1cccs1. The Morgan fingerprint density at radius 3 is 2.74 bits per heavy atom. The lowest BCUT2D eigenvalue weighted by Gasteiger charge is -2.25. The van der Waals surface area contributed by atoms with Gasteiger partial charge >= 0.3 is 0 Å². The molecular weight excluding hydrogens is 370 g/mol. The molecule has 1 aromatic carbocycles. The summed E-state index contributed by atoms with van der Waals surface area (Å²) in [5, 5.41) is 13.1. The number of rotatable bonds is 4. The topological polar surface area (TPSA) is 101 Å². The maximum absolute atomic E-state index is 12.8. The van der Waals surface area contributed by atoms with Crippen LogP contribution in [0.2, 0.25) is 0 Å². The Bertz CT molecular complexity index is 956. The number of nitrogens with zero attached hydrogens (tertiary/aromatic N) is 3. The van der Waals surface area contributed by atoms with Gasteiger partial charge in [0, 0.05) is 17.5 Å². The van der Waals surface area contributed by atoms with Crippen molar-refractivity contribution < 1.29 is 19.3 Å². The van der Waals surface area contributed by atoms with E-state index in [4.69, 9.17) is 0 Å². The maximum atomic E-state index is 12.8. The van der Waals surface area contributed by atoms with Crippen molar-refractivity contribution in [3.63, 3.8) is 0 Å². The molecule has 1 unspecified atom stereocenters. The van der Waals surface area contributed by atoms with Crippen molar-refractivity contribution in [2.75, 3.05) is 13.1 Å². The monoisotopic (exact) mass is 385 g/mol. The second kappa shape index (κ2) is 6.58. The summed E-state index contributed by atoms with van der Waals surface area (Å²) in [4.78, 5) is 52.0. The summed E-state index contributed by atoms with van der Waals surface area (Å²) >= 11 is 1.56. The molecule has 9 heteroatoms. The molecule has 4 rings (SSSR count). The number of hydrogen-bond acceptors (Lipinski definition) is 6. The molecule has 0 bridgehead atoms. The second-order valence-electron chi connectivity index (χ2n) is 6.41. The van der Waals surface area contributed by atoms with Crippen LogP contribution < -0.4 is 0 Å². The summed E-state index contributed by atoms with van der Waals surface area (Å²) in [6, 6.07) is 7.75. The predicted molar refractivity (Wildman–Crippen MR) is 96.5 cm³/mol. The molecule has 27 heavy (non-hydrogen) atoms. The van der Waals surface area contributed by atoms with E-state index in [9.17, 15) is 24.5 Å². The highest BCUT2D eigenvalue weighted by molar-refractivity contribution is 7.10. The van der Waals surface area contributed by atoms with E-state index >= 15 is 0 Å². The number of carbonyl (C=O) groups excluding carboxylic acids is 3. The molecule has 3 amide bonds. The Balaban J connectivity index is 1.57. The number of thiophene rings is 1. The van der Waals surface area contributed by atoms with E-state index < -0.39 is 29.0 Å². The molecule has 1 aromatic heterocycles. The quantitative estimate of drug-likeness (QED) is 0.457. The van der Waals surface area contributed by atoms with Gasteiger partial charge in [0.2, 0.25) is 5.91 Å². The van der Waals surface area contributed by atoms with Gasteiger partial charge in [0.05, 0.1) is 16.5 Å². The Labute approximate surface area is 158 Å². The van der Waals surface area contributed by atoms with Crippen LogP contribution in [0.4, 0.5) is 5.69 Å². The number of nitro groups is 1. The zero-order chi connectivity index (χ0) is 19.1. The van der Waals surface area contributed by atoms with Gasteiger partial charge in [0.1, 0.15) is 12.1 Å². The maximum Gasteiger partial charge on any atom is 0.282 e. The van der Waals surface area contributed by atoms with Gasteiger partial charge in [-0.15, -0.1) is 11.3 Å². The van der Waals surface area contributed by atoms with Crippen molar-refractivity contribution in [2.45, 2.75) is 18.9 Å². The van der Waals surface area contributed by atoms with Crippen molar-refractivity contribution in [1.29, 1.82) is 0 Å². The summed E-state index contributed by atoms with van der Waals surface area (Å²) in [6.45, 7) is 0.149. The molecule has 0 spiro atoms. The fourth-order valence-electron chi connectivity index (χ4n) is 3.68. The van der Waals surface area contributed by atoms with Gasteiger partial charge in [-0.25, -0.2) is 0 Å². The fourth-order valence-corrected chi connectivity index (χ4v) is 4.55. The minimum Gasteiger partial charge on any atom is -0.333 e. The number of carbonyl (C=O) groups is 3. The van der Waals surface area contributed by atoms with Crippen LogP contribution in [0.25, 0.3) is 0 Å². The van der Waals surface area contributed by atoms with E-state index in [0.29, 0.717) is 6.54 Å². The summed E-state index contributed by atoms with van der Waals surface area (Å²) < 4.78 is 0. The van der Waals surface area contributed by atoms with Crippen LogP contribution >= 0.6 is 11.3 Å². The number of benzene rings is 1. The largest absolute Gasteiger partial charge is 0.333 e. The molecule has 0 N–H and O–H groups in total. The number of amides is 3. The number of imide groups is 1. The highest BCUT2D eigenvalue weighted by atomic mass is 32.1. The summed E-state index contributed by atoms with van der Waals surface area (Å²) in [7, 11) is 0. The molecule has 1 atom stereocenters. The first-order valence-electron chi connectivity index (χ1n) is 8.45. The third kappa shape index (κ3) is 2.80. The molecule has 0 radical (unpaired) electrons. The third-order valence-corrected chi connectivity index (χ3v) is 5.89. The van der Waals surface area contributed by atoms with Crippen molar-refractivity contribution in [2.24, 2.45) is 0 Å². The molecule has 2 aromatic rings. The molecule has 2 aliphatic rings. The van der Waals surface area contributed by atoms with Crippen LogP contribution in [0.15, 0.2) is 35.7 Å². The summed E-state index contributed by atoms with van der Waals surface area (Å²) in [5.74, 6) is -1.79. The van der Waals surface area contributed by atoms with Gasteiger partial charge in [0.25, 0.3) is 17.5 Å². The number of likely N-dealkylation sites (tertiary alicyclic amines) is 1. The van der Waals surface area contributed by atoms with Crippen LogP contribution in [0.1, 0.15) is 44.5 Å². The molecule has 3 heterocycles. The molecule has 138 valence electrons. The molecule has 0 saturated carbocycles. The molecule has 8 nitrogen and oxygen atoms in total. The Morgan fingerprint density at radius 1 is 1.22 bits per heavy atom. The Hall–Kier alpha value is -3.07. The van der Waals surface area contributed by atoms with E-state index in [1.807, 2.05) is 17.5 Å². The first-order chi connectivity index (χ1) is 13.0. The van der Waals surface area contributed by atoms with Gasteiger partial charge < -0.3 is 4.90 Å². The summed E-state index contributed by atoms with van der Waals surface area (Å²) in [5.41, 5.74) is -0.687. The molecular formula is C18H15N3O5S. The molecule has 1 fully saturated rings. The first-order valence-corrected chi connectivity index (χ1v) is 9.33. The zero-order valence-electron chi connectivity index (χ0n) is 14.2. The lowest BCUT2D eigenvalue weighted by molar-refractivity contribution is -0.385. The average molecular weight is 385 g/mol. The normalized spacial score (nSPS) is 18.9. The number of nitro benzene ring substituents is 1. The van der Waals surface area contributed by atoms with E-state index in [-0.39, 0.29) is 23.1 Å². The van der Waals surface area contributed by atoms with Crippen molar-refractivity contribution in [1.82, 2.24) is 9.80 Å². The van der Waals surface area contributed by atoms with Crippen LogP contribution in [-0.2, 0) is 4.79 Å². The van der Waals surface area contributed by atoms with Crippen LogP contribution in [-0.4, -0.2) is 45.5 Å². The fraction of sp³-hybridized carbons (Fsp3) is 0.278. The van der Waals surface area contributed by atoms with Gasteiger partial charge in [0.15, 0.2) is 0 Å². The minimum absolute atomic E-state index is 0.0294. The number of hydrogen-bond donors (Lipinski definition) is 0. The Morgan fingerprint density at radius 2 is 2.04 bits per heavy atom. The van der Waals surface area contributed by atoms with Gasteiger partial charge in [-0.05, 0) is 30.4 Å². The van der Waals surface area contributed by atoms with Crippen LogP contribution in [0.3, 0.4) is 0 Å². The third-order valence-electron chi connectivity index (χ3n) is 4.91. The standard InChI is InChI=1S/C18H15N3O5S/c22-15(19-8-2-6-12(19)14-7-3-9-27-14)10-20-17(23)11-4-1-5-13(21(25)26)16(11)18(20)24/h1,3-5,7,9,12H,2,6,8,10H2. The van der Waals surface area contributed by atoms with E-state index in [1.54, 1.807) is 16.2 Å². The van der Waals surface area contributed by atoms with Gasteiger partial charge in [-0.3, -0.25) is 29.4 Å². The molecule has 0 aliphatic carbocycles. The lowest BCUT2D eigenvalue weighted by atomic mass is 10.1. The van der Waals surface area contributed by atoms with Gasteiger partial charge in [-0.2, -0.15) is 0 Å². The van der Waals surface area contributed by atoms with Crippen molar-refractivity contribution in [3.8, 4) is 0 Å². The van der Waals surface area contributed by atoms with Crippen molar-refractivity contribution in [3.05, 3.63) is 61.8 Å². The molecule has 2 aliphatic heterocycles. The lowest BCUT2D eigenvalue weighted by Crippen LogP contribution is -2.42. The van der Waals surface area contributed by atoms with Gasteiger partial charge in [-0.1, -0.05) is 12.1 Å². The predicted octanol–water partition coefficient (Wildman–Crippen LogP) is 2.62. The summed E-state index contributed by atoms with van der Waals surface area (Å²) in [6.07, 6.45) is 1.68. The highest BCUT2D eigenvalue weighted by Crippen LogP contribution is 2.35. The van der Waals surface area contributed by atoms with Crippen LogP contribution in [0.5, 0.6) is 0 Å². The number of fused-ring (bicyclic) bond motifs is 1. The van der Waals surface area contributed by atoms with E-state index in [2.05, 4.69) is 0 Å². The van der Waals surface area contributed by atoms with Crippen LogP contribution in [0, 0.1) is 10.1 Å². The second-order valence-corrected chi connectivity index (χ2v) is 7.39. The van der Waals surface area contributed by atoms with E-state index in [1.165, 1.54) is 18.2 Å². The molecule has 1 saturated heterocycles. The highest BCUT2D eigenvalue weighted by Gasteiger charge is 2.43. The average Bonchev–Trinajstić information content (AvgIpc) is 3.38. The zero-order valence-corrected chi connectivity index (χ0v) is 15.0. The minimum atomic E-state index is -0.789.